The summed E-state index contributed by atoms with van der Waals surface area (Å²) in [5.41, 5.74) is 7.38. The van der Waals surface area contributed by atoms with Gasteiger partial charge in [-0.1, -0.05) is 30.7 Å². The van der Waals surface area contributed by atoms with Gasteiger partial charge in [0.1, 0.15) is 0 Å². The molecule has 1 aliphatic rings. The minimum atomic E-state index is -3.19. The van der Waals surface area contributed by atoms with Gasteiger partial charge in [0.2, 0.25) is 10.0 Å². The SMILES string of the molecule is NCc1ccccc1CS(=O)(=O)N1CCCCC1. The van der Waals surface area contributed by atoms with Crippen molar-refractivity contribution in [2.24, 2.45) is 5.73 Å². The summed E-state index contributed by atoms with van der Waals surface area (Å²) < 4.78 is 26.2. The number of nitrogens with zero attached hydrogens (tertiary/aromatic N) is 1. The highest BCUT2D eigenvalue weighted by molar-refractivity contribution is 7.88. The number of hydrogen-bond donors (Lipinski definition) is 1. The van der Waals surface area contributed by atoms with Crippen molar-refractivity contribution in [3.8, 4) is 0 Å². The van der Waals surface area contributed by atoms with Gasteiger partial charge in [0.25, 0.3) is 0 Å². The number of piperidine rings is 1. The van der Waals surface area contributed by atoms with Crippen LogP contribution in [0, 0.1) is 0 Å². The van der Waals surface area contributed by atoms with Crippen molar-refractivity contribution < 1.29 is 8.42 Å². The molecule has 1 aliphatic heterocycles. The molecule has 0 unspecified atom stereocenters. The van der Waals surface area contributed by atoms with Crippen molar-refractivity contribution in [3.63, 3.8) is 0 Å². The van der Waals surface area contributed by atoms with Crippen molar-refractivity contribution in [2.45, 2.75) is 31.6 Å². The Morgan fingerprint density at radius 2 is 1.67 bits per heavy atom. The maximum Gasteiger partial charge on any atom is 0.218 e. The van der Waals surface area contributed by atoms with Crippen molar-refractivity contribution >= 4 is 10.0 Å². The zero-order valence-corrected chi connectivity index (χ0v) is 11.3. The summed E-state index contributed by atoms with van der Waals surface area (Å²) in [6.45, 7) is 1.70. The summed E-state index contributed by atoms with van der Waals surface area (Å²) in [7, 11) is -3.19. The second-order valence-electron chi connectivity index (χ2n) is 4.69. The van der Waals surface area contributed by atoms with Gasteiger partial charge in [-0.25, -0.2) is 12.7 Å². The molecule has 0 radical (unpaired) electrons. The second kappa shape index (κ2) is 5.82. The average molecular weight is 268 g/mol. The van der Waals surface area contributed by atoms with Crippen LogP contribution >= 0.6 is 0 Å². The third-order valence-corrected chi connectivity index (χ3v) is 5.21. The van der Waals surface area contributed by atoms with Crippen molar-refractivity contribution in [2.75, 3.05) is 13.1 Å². The molecule has 0 aromatic heterocycles. The zero-order chi connectivity index (χ0) is 13.0. The zero-order valence-electron chi connectivity index (χ0n) is 10.5. The van der Waals surface area contributed by atoms with Crippen LogP contribution < -0.4 is 5.73 Å². The molecule has 0 atom stereocenters. The highest BCUT2D eigenvalue weighted by Crippen LogP contribution is 2.18. The molecule has 0 spiro atoms. The number of nitrogens with two attached hydrogens (primary N) is 1. The van der Waals surface area contributed by atoms with E-state index in [-0.39, 0.29) is 5.75 Å². The molecule has 5 heteroatoms. The largest absolute Gasteiger partial charge is 0.326 e. The summed E-state index contributed by atoms with van der Waals surface area (Å²) in [6.07, 6.45) is 3.07. The lowest BCUT2D eigenvalue weighted by Gasteiger charge is -2.26. The standard InChI is InChI=1S/C13H20N2O2S/c14-10-12-6-2-3-7-13(12)11-18(16,17)15-8-4-1-5-9-15/h2-3,6-7H,1,4-5,8-11,14H2. The Labute approximate surface area is 109 Å². The van der Waals surface area contributed by atoms with Gasteiger partial charge in [-0.15, -0.1) is 0 Å². The summed E-state index contributed by atoms with van der Waals surface area (Å²) >= 11 is 0. The van der Waals surface area contributed by atoms with Crippen LogP contribution in [0.15, 0.2) is 24.3 Å². The van der Waals surface area contributed by atoms with E-state index in [9.17, 15) is 8.42 Å². The van der Waals surface area contributed by atoms with Crippen LogP contribution in [-0.2, 0) is 22.3 Å². The van der Waals surface area contributed by atoms with E-state index in [1.165, 1.54) is 0 Å². The van der Waals surface area contributed by atoms with Crippen LogP contribution in [0.4, 0.5) is 0 Å². The smallest absolute Gasteiger partial charge is 0.218 e. The third kappa shape index (κ3) is 3.10. The summed E-state index contributed by atoms with van der Waals surface area (Å²) in [6, 6.07) is 7.49. The van der Waals surface area contributed by atoms with Gasteiger partial charge >= 0.3 is 0 Å². The first kappa shape index (κ1) is 13.5. The maximum atomic E-state index is 12.3. The van der Waals surface area contributed by atoms with E-state index in [0.29, 0.717) is 19.6 Å². The quantitative estimate of drug-likeness (QED) is 0.899. The first-order valence-corrected chi connectivity index (χ1v) is 7.99. The van der Waals surface area contributed by atoms with E-state index in [0.717, 1.165) is 30.4 Å². The molecule has 2 rings (SSSR count). The Bertz CT molecular complexity index is 493. The normalized spacial score (nSPS) is 17.8. The maximum absolute atomic E-state index is 12.3. The van der Waals surface area contributed by atoms with E-state index in [1.807, 2.05) is 24.3 Å². The van der Waals surface area contributed by atoms with Gasteiger partial charge in [0, 0.05) is 19.6 Å². The predicted molar refractivity (Wildman–Crippen MR) is 72.4 cm³/mol. The van der Waals surface area contributed by atoms with E-state index >= 15 is 0 Å². The molecule has 2 N–H and O–H groups in total. The van der Waals surface area contributed by atoms with Gasteiger partial charge in [0.15, 0.2) is 0 Å². The molecular weight excluding hydrogens is 248 g/mol. The van der Waals surface area contributed by atoms with Gasteiger partial charge in [-0.2, -0.15) is 0 Å². The van der Waals surface area contributed by atoms with Crippen LogP contribution in [-0.4, -0.2) is 25.8 Å². The van der Waals surface area contributed by atoms with E-state index in [1.54, 1.807) is 4.31 Å². The lowest BCUT2D eigenvalue weighted by molar-refractivity contribution is 0.346. The van der Waals surface area contributed by atoms with Crippen molar-refractivity contribution in [3.05, 3.63) is 35.4 Å². The molecule has 100 valence electrons. The molecule has 0 bridgehead atoms. The van der Waals surface area contributed by atoms with Crippen LogP contribution in [0.2, 0.25) is 0 Å². The Morgan fingerprint density at radius 3 is 2.28 bits per heavy atom. The molecule has 0 saturated carbocycles. The molecule has 0 aliphatic carbocycles. The molecule has 4 nitrogen and oxygen atoms in total. The van der Waals surface area contributed by atoms with Crippen molar-refractivity contribution in [1.29, 1.82) is 0 Å². The summed E-state index contributed by atoms with van der Waals surface area (Å²) in [5.74, 6) is 0.0698. The lowest BCUT2D eigenvalue weighted by atomic mass is 10.1. The Balaban J connectivity index is 2.16. The minimum Gasteiger partial charge on any atom is -0.326 e. The van der Waals surface area contributed by atoms with Gasteiger partial charge < -0.3 is 5.73 Å². The number of sulfonamides is 1. The molecule has 1 aromatic carbocycles. The second-order valence-corrected chi connectivity index (χ2v) is 6.66. The molecule has 1 aromatic rings. The van der Waals surface area contributed by atoms with Gasteiger partial charge in [0.05, 0.1) is 5.75 Å². The molecule has 0 amide bonds. The summed E-state index contributed by atoms with van der Waals surface area (Å²) in [4.78, 5) is 0. The molecule has 1 saturated heterocycles. The summed E-state index contributed by atoms with van der Waals surface area (Å²) in [5, 5.41) is 0. The van der Waals surface area contributed by atoms with Crippen LogP contribution in [0.25, 0.3) is 0 Å². The van der Waals surface area contributed by atoms with E-state index < -0.39 is 10.0 Å². The Morgan fingerprint density at radius 1 is 1.06 bits per heavy atom. The topological polar surface area (TPSA) is 63.4 Å². The minimum absolute atomic E-state index is 0.0698. The highest BCUT2D eigenvalue weighted by Gasteiger charge is 2.24. The fourth-order valence-corrected chi connectivity index (χ4v) is 4.00. The third-order valence-electron chi connectivity index (χ3n) is 3.38. The number of benzene rings is 1. The van der Waals surface area contributed by atoms with Gasteiger partial charge in [-0.3, -0.25) is 0 Å². The van der Waals surface area contributed by atoms with Crippen LogP contribution in [0.5, 0.6) is 0 Å². The van der Waals surface area contributed by atoms with Crippen LogP contribution in [0.1, 0.15) is 30.4 Å². The van der Waals surface area contributed by atoms with E-state index in [4.69, 9.17) is 5.73 Å². The predicted octanol–water partition coefficient (Wildman–Crippen LogP) is 1.46. The fourth-order valence-electron chi connectivity index (χ4n) is 2.33. The fraction of sp³-hybridized carbons (Fsp3) is 0.538. The lowest BCUT2D eigenvalue weighted by Crippen LogP contribution is -2.36. The van der Waals surface area contributed by atoms with Crippen molar-refractivity contribution in [1.82, 2.24) is 4.31 Å². The monoisotopic (exact) mass is 268 g/mol. The Kier molecular flexibility index (Phi) is 4.37. The first-order valence-electron chi connectivity index (χ1n) is 6.38. The molecular formula is C13H20N2O2S. The average Bonchev–Trinajstić information content (AvgIpc) is 2.40. The van der Waals surface area contributed by atoms with Gasteiger partial charge in [-0.05, 0) is 24.0 Å². The number of rotatable bonds is 4. The molecule has 1 fully saturated rings. The first-order chi connectivity index (χ1) is 8.63. The van der Waals surface area contributed by atoms with Crippen LogP contribution in [0.3, 0.4) is 0 Å². The van der Waals surface area contributed by atoms with E-state index in [2.05, 4.69) is 0 Å². The Hall–Kier alpha value is -0.910. The number of hydrogen-bond acceptors (Lipinski definition) is 3. The molecule has 1 heterocycles. The molecule has 18 heavy (non-hydrogen) atoms. The highest BCUT2D eigenvalue weighted by atomic mass is 32.2.